The molecule has 4 rings (SSSR count). The fraction of sp³-hybridized carbons (Fsp3) is 0.273. The van der Waals surface area contributed by atoms with E-state index in [0.29, 0.717) is 42.9 Å². The van der Waals surface area contributed by atoms with Crippen molar-refractivity contribution in [3.63, 3.8) is 0 Å². The van der Waals surface area contributed by atoms with Crippen molar-refractivity contribution in [3.05, 3.63) is 72.1 Å². The lowest BCUT2D eigenvalue weighted by molar-refractivity contribution is 0.0692. The molecule has 1 N–H and O–H groups in total. The Morgan fingerprint density at radius 2 is 1.73 bits per heavy atom. The van der Waals surface area contributed by atoms with Crippen molar-refractivity contribution in [1.82, 2.24) is 25.2 Å². The van der Waals surface area contributed by atoms with Crippen LogP contribution < -0.4 is 10.1 Å². The van der Waals surface area contributed by atoms with Crippen LogP contribution in [0.15, 0.2) is 60.8 Å². The molecule has 1 aromatic heterocycles. The molecule has 2 heterocycles. The van der Waals surface area contributed by atoms with E-state index in [1.807, 2.05) is 30.3 Å². The Hall–Kier alpha value is -3.68. The lowest BCUT2D eigenvalue weighted by Gasteiger charge is -2.31. The minimum Gasteiger partial charge on any atom is -0.497 e. The summed E-state index contributed by atoms with van der Waals surface area (Å²) in [6, 6.07) is 16.6. The number of hydrogen-bond donors (Lipinski definition) is 1. The zero-order valence-corrected chi connectivity index (χ0v) is 16.7. The summed E-state index contributed by atoms with van der Waals surface area (Å²) >= 11 is 0. The summed E-state index contributed by atoms with van der Waals surface area (Å²) < 4.78 is 6.71. The van der Waals surface area contributed by atoms with Crippen LogP contribution in [0.2, 0.25) is 0 Å². The Morgan fingerprint density at radius 3 is 2.40 bits per heavy atom. The van der Waals surface area contributed by atoms with Gasteiger partial charge in [-0.2, -0.15) is 0 Å². The number of nitrogens with zero attached hydrogens (tertiary/aromatic N) is 4. The number of rotatable bonds is 5. The third kappa shape index (κ3) is 4.32. The monoisotopic (exact) mass is 405 g/mol. The first kappa shape index (κ1) is 19.6. The molecule has 8 heteroatoms. The molecule has 1 aliphatic rings. The van der Waals surface area contributed by atoms with Gasteiger partial charge in [-0.25, -0.2) is 4.68 Å². The topological polar surface area (TPSA) is 89.4 Å². The first-order valence-corrected chi connectivity index (χ1v) is 9.86. The number of nitrogens with one attached hydrogen (secondary N) is 1. The quantitative estimate of drug-likeness (QED) is 0.704. The number of aromatic nitrogens is 3. The Bertz CT molecular complexity index is 1010. The van der Waals surface area contributed by atoms with Gasteiger partial charge in [0.05, 0.1) is 19.0 Å². The number of likely N-dealkylation sites (tertiary alicyclic amines) is 1. The third-order valence-corrected chi connectivity index (χ3v) is 5.20. The fourth-order valence-corrected chi connectivity index (χ4v) is 3.47. The minimum absolute atomic E-state index is 0.0312. The molecule has 0 spiro atoms. The van der Waals surface area contributed by atoms with E-state index in [1.165, 1.54) is 0 Å². The van der Waals surface area contributed by atoms with Gasteiger partial charge in [-0.05, 0) is 49.2 Å². The average Bonchev–Trinajstić information content (AvgIpc) is 3.30. The first-order valence-electron chi connectivity index (χ1n) is 9.86. The van der Waals surface area contributed by atoms with Gasteiger partial charge in [0.15, 0.2) is 5.69 Å². The summed E-state index contributed by atoms with van der Waals surface area (Å²) in [6.45, 7) is 1.12. The number of methoxy groups -OCH3 is 1. The van der Waals surface area contributed by atoms with Gasteiger partial charge in [0, 0.05) is 24.7 Å². The van der Waals surface area contributed by atoms with Crippen molar-refractivity contribution in [2.45, 2.75) is 18.9 Å². The van der Waals surface area contributed by atoms with E-state index in [1.54, 1.807) is 47.2 Å². The zero-order chi connectivity index (χ0) is 20.9. The summed E-state index contributed by atoms with van der Waals surface area (Å²) in [7, 11) is 1.59. The van der Waals surface area contributed by atoms with E-state index >= 15 is 0 Å². The number of benzene rings is 2. The molecule has 0 bridgehead atoms. The van der Waals surface area contributed by atoms with Gasteiger partial charge in [0.1, 0.15) is 5.75 Å². The first-order chi connectivity index (χ1) is 14.6. The number of hydrogen-bond acceptors (Lipinski definition) is 5. The van der Waals surface area contributed by atoms with Crippen LogP contribution >= 0.6 is 0 Å². The van der Waals surface area contributed by atoms with Crippen LogP contribution in [0.5, 0.6) is 5.75 Å². The van der Waals surface area contributed by atoms with E-state index < -0.39 is 0 Å². The summed E-state index contributed by atoms with van der Waals surface area (Å²) in [5, 5.41) is 11.1. The van der Waals surface area contributed by atoms with Crippen molar-refractivity contribution in [1.29, 1.82) is 0 Å². The Kier molecular flexibility index (Phi) is 5.74. The number of para-hydroxylation sites is 1. The zero-order valence-electron chi connectivity index (χ0n) is 16.7. The molecule has 0 radical (unpaired) electrons. The van der Waals surface area contributed by atoms with Crippen LogP contribution in [0.1, 0.15) is 33.7 Å². The SMILES string of the molecule is COc1ccc(C(=O)NC2CCN(C(=O)c3cn(-c4ccccc4)nn3)CC2)cc1. The molecule has 1 saturated heterocycles. The number of carbonyl (C=O) groups excluding carboxylic acids is 2. The van der Waals surface area contributed by atoms with Crippen molar-refractivity contribution in [2.24, 2.45) is 0 Å². The summed E-state index contributed by atoms with van der Waals surface area (Å²) in [6.07, 6.45) is 3.04. The number of carbonyl (C=O) groups is 2. The lowest BCUT2D eigenvalue weighted by atomic mass is 10.0. The van der Waals surface area contributed by atoms with E-state index in [4.69, 9.17) is 4.74 Å². The standard InChI is InChI=1S/C22H23N5O3/c1-30-19-9-7-16(8-10-19)21(28)23-17-11-13-26(14-12-17)22(29)20-15-27(25-24-20)18-5-3-2-4-6-18/h2-10,15,17H,11-14H2,1H3,(H,23,28). The van der Waals surface area contributed by atoms with Gasteiger partial charge in [-0.1, -0.05) is 23.4 Å². The number of amides is 2. The predicted molar refractivity (Wildman–Crippen MR) is 111 cm³/mol. The van der Waals surface area contributed by atoms with Crippen LogP contribution in [0.4, 0.5) is 0 Å². The Morgan fingerprint density at radius 1 is 1.03 bits per heavy atom. The molecule has 0 atom stereocenters. The number of piperidine rings is 1. The van der Waals surface area contributed by atoms with Gasteiger partial charge in [-0.15, -0.1) is 5.10 Å². The fourth-order valence-electron chi connectivity index (χ4n) is 3.47. The van der Waals surface area contributed by atoms with E-state index in [9.17, 15) is 9.59 Å². The Labute approximate surface area is 174 Å². The molecule has 2 amide bonds. The molecule has 1 aliphatic heterocycles. The predicted octanol–water partition coefficient (Wildman–Crippen LogP) is 2.31. The highest BCUT2D eigenvalue weighted by atomic mass is 16.5. The third-order valence-electron chi connectivity index (χ3n) is 5.20. The van der Waals surface area contributed by atoms with Gasteiger partial charge < -0.3 is 15.0 Å². The van der Waals surface area contributed by atoms with Crippen LogP contribution in [0.25, 0.3) is 5.69 Å². The summed E-state index contributed by atoms with van der Waals surface area (Å²) in [5.74, 6) is 0.452. The lowest BCUT2D eigenvalue weighted by Crippen LogP contribution is -2.46. The van der Waals surface area contributed by atoms with Gasteiger partial charge >= 0.3 is 0 Å². The van der Waals surface area contributed by atoms with Crippen molar-refractivity contribution in [3.8, 4) is 11.4 Å². The molecular weight excluding hydrogens is 382 g/mol. The second-order valence-corrected chi connectivity index (χ2v) is 7.15. The molecule has 8 nitrogen and oxygen atoms in total. The molecule has 0 saturated carbocycles. The molecule has 154 valence electrons. The molecule has 0 unspecified atom stereocenters. The highest BCUT2D eigenvalue weighted by Crippen LogP contribution is 2.16. The smallest absolute Gasteiger partial charge is 0.276 e. The normalized spacial score (nSPS) is 14.4. The highest BCUT2D eigenvalue weighted by Gasteiger charge is 2.26. The van der Waals surface area contributed by atoms with Crippen molar-refractivity contribution >= 4 is 11.8 Å². The summed E-state index contributed by atoms with van der Waals surface area (Å²) in [4.78, 5) is 27.0. The second kappa shape index (κ2) is 8.77. The van der Waals surface area contributed by atoms with E-state index in [-0.39, 0.29) is 17.9 Å². The molecular formula is C22H23N5O3. The minimum atomic E-state index is -0.142. The van der Waals surface area contributed by atoms with Gasteiger partial charge in [0.2, 0.25) is 0 Å². The number of ether oxygens (including phenoxy) is 1. The molecule has 3 aromatic rings. The van der Waals surface area contributed by atoms with Crippen LogP contribution in [0.3, 0.4) is 0 Å². The maximum atomic E-state index is 12.8. The largest absolute Gasteiger partial charge is 0.497 e. The van der Waals surface area contributed by atoms with Crippen LogP contribution in [0, 0.1) is 0 Å². The second-order valence-electron chi connectivity index (χ2n) is 7.15. The molecule has 1 fully saturated rings. The van der Waals surface area contributed by atoms with E-state index in [0.717, 1.165) is 5.69 Å². The van der Waals surface area contributed by atoms with Gasteiger partial charge in [-0.3, -0.25) is 9.59 Å². The highest BCUT2D eigenvalue weighted by molar-refractivity contribution is 5.94. The maximum absolute atomic E-state index is 12.8. The molecule has 30 heavy (non-hydrogen) atoms. The van der Waals surface area contributed by atoms with Crippen LogP contribution in [-0.2, 0) is 0 Å². The van der Waals surface area contributed by atoms with Gasteiger partial charge in [0.25, 0.3) is 11.8 Å². The Balaban J connectivity index is 1.31. The molecule has 2 aromatic carbocycles. The maximum Gasteiger partial charge on any atom is 0.276 e. The van der Waals surface area contributed by atoms with Crippen molar-refractivity contribution < 1.29 is 14.3 Å². The van der Waals surface area contributed by atoms with E-state index in [2.05, 4.69) is 15.6 Å². The van der Waals surface area contributed by atoms with Crippen molar-refractivity contribution in [2.75, 3.05) is 20.2 Å². The average molecular weight is 405 g/mol. The summed E-state index contributed by atoms with van der Waals surface area (Å²) in [5.41, 5.74) is 1.76. The molecule has 0 aliphatic carbocycles. The van der Waals surface area contributed by atoms with Crippen LogP contribution in [-0.4, -0.2) is 57.9 Å².